The van der Waals surface area contributed by atoms with E-state index in [-0.39, 0.29) is 0 Å². The van der Waals surface area contributed by atoms with Crippen LogP contribution in [0.25, 0.3) is 11.1 Å². The third-order valence-corrected chi connectivity index (χ3v) is 7.47. The monoisotopic (exact) mass is 454 g/mol. The van der Waals surface area contributed by atoms with Crippen molar-refractivity contribution in [2.24, 2.45) is 5.92 Å². The first-order valence-corrected chi connectivity index (χ1v) is 13.1. The number of hydrogen-bond donors (Lipinski definition) is 0. The molecule has 1 aliphatic rings. The van der Waals surface area contributed by atoms with Crippen molar-refractivity contribution in [2.75, 3.05) is 5.33 Å². The normalized spacial score (nSPS) is 19.4. The fraction of sp³-hybridized carbons (Fsp3) is 0.571. The number of benzene rings is 2. The average Bonchev–Trinajstić information content (AvgIpc) is 2.78. The van der Waals surface area contributed by atoms with E-state index in [1.54, 1.807) is 5.56 Å². The number of hydrogen-bond acceptors (Lipinski definition) is 0. The fourth-order valence-electron chi connectivity index (χ4n) is 5.05. The van der Waals surface area contributed by atoms with Gasteiger partial charge in [-0.2, -0.15) is 0 Å². The molecule has 2 aromatic carbocycles. The highest BCUT2D eigenvalue weighted by Gasteiger charge is 2.22. The molecule has 0 saturated heterocycles. The molecule has 2 aromatic rings. The molecule has 0 amide bonds. The molecule has 3 rings (SSSR count). The zero-order valence-electron chi connectivity index (χ0n) is 18.6. The van der Waals surface area contributed by atoms with Gasteiger partial charge >= 0.3 is 0 Å². The van der Waals surface area contributed by atoms with Crippen LogP contribution < -0.4 is 0 Å². The number of unbranched alkanes of at least 4 members (excludes halogenated alkanes) is 2. The minimum atomic E-state index is 0.781. The molecule has 0 radical (unpaired) electrons. The van der Waals surface area contributed by atoms with Crippen molar-refractivity contribution in [3.63, 3.8) is 0 Å². The van der Waals surface area contributed by atoms with Gasteiger partial charge in [-0.05, 0) is 84.6 Å². The Labute approximate surface area is 187 Å². The smallest absolute Gasteiger partial charge is 0.00344 e. The maximum Gasteiger partial charge on any atom is 0.00344 e. The molecule has 0 atom stereocenters. The molecular formula is C28H39Br. The first kappa shape index (κ1) is 22.6. The molecule has 0 nitrogen and oxygen atoms in total. The van der Waals surface area contributed by atoms with E-state index in [0.717, 1.165) is 23.6 Å². The summed E-state index contributed by atoms with van der Waals surface area (Å²) >= 11 is 3.55. The molecule has 0 spiro atoms. The molecular weight excluding hydrogens is 416 g/mol. The van der Waals surface area contributed by atoms with Gasteiger partial charge in [-0.1, -0.05) is 97.9 Å². The summed E-state index contributed by atoms with van der Waals surface area (Å²) in [4.78, 5) is 0. The maximum absolute atomic E-state index is 3.55. The predicted octanol–water partition coefficient (Wildman–Crippen LogP) is 9.10. The summed E-state index contributed by atoms with van der Waals surface area (Å²) in [7, 11) is 0. The molecule has 1 fully saturated rings. The third kappa shape index (κ3) is 6.45. The van der Waals surface area contributed by atoms with Crippen LogP contribution in [-0.2, 0) is 12.8 Å². The minimum absolute atomic E-state index is 0.781. The fourth-order valence-corrected chi connectivity index (χ4v) is 5.33. The van der Waals surface area contributed by atoms with Crippen molar-refractivity contribution >= 4 is 15.9 Å². The first-order chi connectivity index (χ1) is 14.2. The molecule has 0 N–H and O–H groups in total. The van der Waals surface area contributed by atoms with Crippen molar-refractivity contribution < 1.29 is 0 Å². The highest BCUT2D eigenvalue weighted by Crippen LogP contribution is 2.38. The zero-order valence-corrected chi connectivity index (χ0v) is 20.1. The van der Waals surface area contributed by atoms with Crippen LogP contribution in [0.2, 0.25) is 0 Å². The van der Waals surface area contributed by atoms with E-state index < -0.39 is 0 Å². The second-order valence-electron chi connectivity index (χ2n) is 8.97. The quantitative estimate of drug-likeness (QED) is 0.248. The van der Waals surface area contributed by atoms with E-state index >= 15 is 0 Å². The van der Waals surface area contributed by atoms with Gasteiger partial charge in [-0.15, -0.1) is 0 Å². The van der Waals surface area contributed by atoms with Crippen LogP contribution in [-0.4, -0.2) is 5.33 Å². The Morgan fingerprint density at radius 3 is 2.28 bits per heavy atom. The lowest BCUT2D eigenvalue weighted by Crippen LogP contribution is -2.13. The van der Waals surface area contributed by atoms with Gasteiger partial charge < -0.3 is 0 Å². The van der Waals surface area contributed by atoms with Gasteiger partial charge in [0.1, 0.15) is 0 Å². The summed E-state index contributed by atoms with van der Waals surface area (Å²) in [5, 5.41) is 1.08. The molecule has 0 aliphatic heterocycles. The Hall–Kier alpha value is -1.08. The standard InChI is InChI=1S/C28H39Br/c1-3-5-6-8-22-10-13-25(14-11-22)26-15-17-27(18-16-26)28-19-12-23(9-7-20-29)21-24(28)4-2/h12,15-19,21-22,25H,3-11,13-14,20H2,1-2H3. The van der Waals surface area contributed by atoms with Gasteiger partial charge in [0.2, 0.25) is 0 Å². The predicted molar refractivity (Wildman–Crippen MR) is 132 cm³/mol. The SMILES string of the molecule is CCCCCC1CCC(c2ccc(-c3ccc(CCCBr)cc3CC)cc2)CC1. The van der Waals surface area contributed by atoms with E-state index in [2.05, 4.69) is 72.2 Å². The van der Waals surface area contributed by atoms with E-state index in [1.165, 1.54) is 86.5 Å². The average molecular weight is 456 g/mol. The Balaban J connectivity index is 1.62. The first-order valence-electron chi connectivity index (χ1n) is 12.0. The minimum Gasteiger partial charge on any atom is -0.0928 e. The van der Waals surface area contributed by atoms with Crippen LogP contribution in [0.15, 0.2) is 42.5 Å². The Kier molecular flexibility index (Phi) is 9.31. The van der Waals surface area contributed by atoms with Crippen LogP contribution in [0.1, 0.15) is 94.2 Å². The zero-order chi connectivity index (χ0) is 20.5. The van der Waals surface area contributed by atoms with Gasteiger partial charge in [0.15, 0.2) is 0 Å². The van der Waals surface area contributed by atoms with Crippen molar-refractivity contribution in [1.82, 2.24) is 0 Å². The summed E-state index contributed by atoms with van der Waals surface area (Å²) in [5.74, 6) is 1.77. The maximum atomic E-state index is 3.55. The summed E-state index contributed by atoms with van der Waals surface area (Å²) < 4.78 is 0. The van der Waals surface area contributed by atoms with E-state index in [9.17, 15) is 0 Å². The molecule has 1 heteroatoms. The second-order valence-corrected chi connectivity index (χ2v) is 9.77. The molecule has 0 bridgehead atoms. The van der Waals surface area contributed by atoms with Crippen LogP contribution in [0.3, 0.4) is 0 Å². The summed E-state index contributed by atoms with van der Waals surface area (Å²) in [6, 6.07) is 16.7. The van der Waals surface area contributed by atoms with Gasteiger partial charge in [0.05, 0.1) is 0 Å². The molecule has 1 aliphatic carbocycles. The Morgan fingerprint density at radius 2 is 1.62 bits per heavy atom. The van der Waals surface area contributed by atoms with Crippen LogP contribution >= 0.6 is 15.9 Å². The third-order valence-electron chi connectivity index (χ3n) is 6.91. The van der Waals surface area contributed by atoms with E-state index in [1.807, 2.05) is 0 Å². The second kappa shape index (κ2) is 11.9. The molecule has 158 valence electrons. The van der Waals surface area contributed by atoms with Gasteiger partial charge in [0, 0.05) is 5.33 Å². The number of rotatable bonds is 10. The molecule has 0 aromatic heterocycles. The topological polar surface area (TPSA) is 0 Å². The van der Waals surface area contributed by atoms with Crippen molar-refractivity contribution in [3.8, 4) is 11.1 Å². The van der Waals surface area contributed by atoms with Crippen LogP contribution in [0.5, 0.6) is 0 Å². The van der Waals surface area contributed by atoms with Gasteiger partial charge in [-0.3, -0.25) is 0 Å². The highest BCUT2D eigenvalue weighted by molar-refractivity contribution is 9.09. The lowest BCUT2D eigenvalue weighted by Gasteiger charge is -2.29. The van der Waals surface area contributed by atoms with E-state index in [0.29, 0.717) is 0 Å². The van der Waals surface area contributed by atoms with Crippen LogP contribution in [0.4, 0.5) is 0 Å². The van der Waals surface area contributed by atoms with Gasteiger partial charge in [0.25, 0.3) is 0 Å². The lowest BCUT2D eigenvalue weighted by molar-refractivity contribution is 0.303. The molecule has 1 saturated carbocycles. The Morgan fingerprint density at radius 1 is 0.862 bits per heavy atom. The largest absolute Gasteiger partial charge is 0.0928 e. The van der Waals surface area contributed by atoms with Gasteiger partial charge in [-0.25, -0.2) is 0 Å². The van der Waals surface area contributed by atoms with Crippen molar-refractivity contribution in [2.45, 2.75) is 90.4 Å². The Bertz CT molecular complexity index is 722. The summed E-state index contributed by atoms with van der Waals surface area (Å²) in [6.45, 7) is 4.59. The lowest BCUT2D eigenvalue weighted by atomic mass is 9.77. The van der Waals surface area contributed by atoms with E-state index in [4.69, 9.17) is 0 Å². The van der Waals surface area contributed by atoms with Crippen molar-refractivity contribution in [3.05, 3.63) is 59.2 Å². The number of halogens is 1. The summed E-state index contributed by atoms with van der Waals surface area (Å²) in [5.41, 5.74) is 7.31. The van der Waals surface area contributed by atoms with Crippen molar-refractivity contribution in [1.29, 1.82) is 0 Å². The molecule has 0 heterocycles. The molecule has 0 unspecified atom stereocenters. The molecule has 29 heavy (non-hydrogen) atoms. The summed E-state index contributed by atoms with van der Waals surface area (Å²) in [6.07, 6.45) is 14.8. The number of alkyl halides is 1. The number of aryl methyl sites for hydroxylation is 2. The highest BCUT2D eigenvalue weighted by atomic mass is 79.9. The van der Waals surface area contributed by atoms with Crippen LogP contribution in [0, 0.1) is 5.92 Å².